The van der Waals surface area contributed by atoms with E-state index in [4.69, 9.17) is 4.74 Å². The fourth-order valence-electron chi connectivity index (χ4n) is 2.08. The van der Waals surface area contributed by atoms with E-state index in [1.807, 2.05) is 25.1 Å². The first-order valence-electron chi connectivity index (χ1n) is 5.74. The zero-order valence-electron chi connectivity index (χ0n) is 10.2. The van der Waals surface area contributed by atoms with Crippen LogP contribution in [-0.2, 0) is 4.74 Å². The number of nitrogens with zero attached hydrogens (tertiary/aromatic N) is 1. The molecule has 3 heteroatoms. The molecule has 0 fully saturated rings. The van der Waals surface area contributed by atoms with Crippen molar-refractivity contribution in [2.24, 2.45) is 0 Å². The Morgan fingerprint density at radius 3 is 2.82 bits per heavy atom. The molecule has 0 amide bonds. The Hall–Kier alpha value is -1.61. The molecule has 89 valence electrons. The molecule has 1 aromatic rings. The second-order valence-electron chi connectivity index (χ2n) is 4.13. The lowest BCUT2D eigenvalue weighted by Gasteiger charge is -2.15. The Kier molecular flexibility index (Phi) is 3.59. The molecule has 0 saturated carbocycles. The number of hydrogen-bond donors (Lipinski definition) is 0. The minimum atomic E-state index is -0.285. The van der Waals surface area contributed by atoms with Crippen molar-refractivity contribution in [2.45, 2.75) is 13.3 Å². The molecule has 3 nitrogen and oxygen atoms in total. The van der Waals surface area contributed by atoms with E-state index in [0.29, 0.717) is 5.56 Å². The van der Waals surface area contributed by atoms with Gasteiger partial charge >= 0.3 is 5.97 Å². The number of rotatable bonds is 2. The summed E-state index contributed by atoms with van der Waals surface area (Å²) in [4.78, 5) is 11.4. The molecule has 1 aliphatic rings. The van der Waals surface area contributed by atoms with Crippen LogP contribution in [-0.4, -0.2) is 26.2 Å². The molecular weight excluding hydrogens is 214 g/mol. The van der Waals surface area contributed by atoms with Gasteiger partial charge in [-0.15, -0.1) is 0 Å². The topological polar surface area (TPSA) is 40.4 Å². The fraction of sp³-hybridized carbons (Fsp3) is 0.357. The Morgan fingerprint density at radius 2 is 2.24 bits per heavy atom. The van der Waals surface area contributed by atoms with Crippen LogP contribution in [0.5, 0.6) is 0 Å². The first-order valence-corrected chi connectivity index (χ1v) is 5.74. The summed E-state index contributed by atoms with van der Waals surface area (Å²) >= 11 is 0. The second kappa shape index (κ2) is 5.15. The number of hydrogen-bond acceptors (Lipinski definition) is 2. The third-order valence-corrected chi connectivity index (χ3v) is 3.00. The van der Waals surface area contributed by atoms with Crippen LogP contribution in [0, 0.1) is 6.92 Å². The van der Waals surface area contributed by atoms with Gasteiger partial charge in [0, 0.05) is 13.1 Å². The van der Waals surface area contributed by atoms with Crippen LogP contribution in [0.1, 0.15) is 27.9 Å². The average Bonchev–Trinajstić information content (AvgIpc) is 2.38. The molecule has 0 aliphatic carbocycles. The number of benzene rings is 1. The largest absolute Gasteiger partial charge is 0.465 e. The molecule has 0 bridgehead atoms. The minimum absolute atomic E-state index is 0.285. The first-order chi connectivity index (χ1) is 8.22. The number of carbonyl (C=O) groups excluding carboxylic acids is 1. The standard InChI is InChI=1S/C14H16NO2/c1-10-9-12(14(16)17-2)3-4-13(10)11-5-7-15-8-6-11/h3-5,9H,6-8H2,1-2H3. The molecule has 0 unspecified atom stereocenters. The lowest BCUT2D eigenvalue weighted by molar-refractivity contribution is 0.0600. The summed E-state index contributed by atoms with van der Waals surface area (Å²) in [6, 6.07) is 5.70. The van der Waals surface area contributed by atoms with Gasteiger partial charge < -0.3 is 4.74 Å². The van der Waals surface area contributed by atoms with Crippen LogP contribution in [0.2, 0.25) is 0 Å². The summed E-state index contributed by atoms with van der Waals surface area (Å²) in [5.74, 6) is -0.285. The molecule has 1 aromatic carbocycles. The summed E-state index contributed by atoms with van der Waals surface area (Å²) in [6.45, 7) is 3.71. The molecule has 1 radical (unpaired) electrons. The van der Waals surface area contributed by atoms with Crippen LogP contribution >= 0.6 is 0 Å². The third kappa shape index (κ3) is 2.56. The van der Waals surface area contributed by atoms with E-state index in [2.05, 4.69) is 11.4 Å². The molecule has 0 spiro atoms. The van der Waals surface area contributed by atoms with Gasteiger partial charge in [-0.3, -0.25) is 0 Å². The van der Waals surface area contributed by atoms with E-state index in [-0.39, 0.29) is 5.97 Å². The van der Waals surface area contributed by atoms with Gasteiger partial charge in [-0.05, 0) is 42.2 Å². The maximum atomic E-state index is 11.4. The maximum Gasteiger partial charge on any atom is 0.337 e. The molecule has 0 saturated heterocycles. The molecule has 0 atom stereocenters. The highest BCUT2D eigenvalue weighted by Crippen LogP contribution is 2.24. The van der Waals surface area contributed by atoms with E-state index >= 15 is 0 Å². The summed E-state index contributed by atoms with van der Waals surface area (Å²) in [7, 11) is 1.40. The highest BCUT2D eigenvalue weighted by Gasteiger charge is 2.11. The van der Waals surface area contributed by atoms with E-state index in [1.165, 1.54) is 18.2 Å². The summed E-state index contributed by atoms with van der Waals surface area (Å²) in [5, 5.41) is 4.29. The second-order valence-corrected chi connectivity index (χ2v) is 4.13. The predicted octanol–water partition coefficient (Wildman–Crippen LogP) is 2.17. The normalized spacial score (nSPS) is 15.3. The van der Waals surface area contributed by atoms with E-state index in [9.17, 15) is 4.79 Å². The smallest absolute Gasteiger partial charge is 0.337 e. The van der Waals surface area contributed by atoms with E-state index in [1.54, 1.807) is 0 Å². The molecule has 2 rings (SSSR count). The monoisotopic (exact) mass is 230 g/mol. The number of carbonyl (C=O) groups is 1. The van der Waals surface area contributed by atoms with Gasteiger partial charge in [0.1, 0.15) is 0 Å². The first kappa shape index (κ1) is 11.9. The highest BCUT2D eigenvalue weighted by atomic mass is 16.5. The van der Waals surface area contributed by atoms with Gasteiger partial charge in [-0.25, -0.2) is 10.1 Å². The van der Waals surface area contributed by atoms with Crippen molar-refractivity contribution in [3.63, 3.8) is 0 Å². The Balaban J connectivity index is 2.31. The van der Waals surface area contributed by atoms with Gasteiger partial charge in [0.05, 0.1) is 12.7 Å². The van der Waals surface area contributed by atoms with Crippen molar-refractivity contribution in [3.8, 4) is 0 Å². The molecule has 0 aromatic heterocycles. The Morgan fingerprint density at radius 1 is 1.41 bits per heavy atom. The number of ether oxygens (including phenoxy) is 1. The van der Waals surface area contributed by atoms with Crippen LogP contribution in [0.3, 0.4) is 0 Å². The van der Waals surface area contributed by atoms with E-state index < -0.39 is 0 Å². The number of methoxy groups -OCH3 is 1. The van der Waals surface area contributed by atoms with Crippen LogP contribution < -0.4 is 5.32 Å². The summed E-state index contributed by atoms with van der Waals surface area (Å²) < 4.78 is 4.71. The van der Waals surface area contributed by atoms with Crippen molar-refractivity contribution < 1.29 is 9.53 Å². The maximum absolute atomic E-state index is 11.4. The van der Waals surface area contributed by atoms with Crippen molar-refractivity contribution in [1.29, 1.82) is 0 Å². The molecule has 1 heterocycles. The van der Waals surface area contributed by atoms with Crippen molar-refractivity contribution >= 4 is 11.5 Å². The van der Waals surface area contributed by atoms with Gasteiger partial charge in [-0.2, -0.15) is 0 Å². The molecular formula is C14H16NO2. The molecule has 17 heavy (non-hydrogen) atoms. The zero-order valence-corrected chi connectivity index (χ0v) is 10.2. The average molecular weight is 230 g/mol. The quantitative estimate of drug-likeness (QED) is 0.730. The van der Waals surface area contributed by atoms with Crippen molar-refractivity contribution in [3.05, 3.63) is 41.0 Å². The van der Waals surface area contributed by atoms with Crippen molar-refractivity contribution in [1.82, 2.24) is 5.32 Å². The number of esters is 1. The highest BCUT2D eigenvalue weighted by molar-refractivity contribution is 5.90. The molecule has 0 N–H and O–H groups in total. The van der Waals surface area contributed by atoms with Crippen LogP contribution in [0.4, 0.5) is 0 Å². The van der Waals surface area contributed by atoms with Crippen molar-refractivity contribution in [2.75, 3.05) is 20.2 Å². The Bertz CT molecular complexity index is 463. The minimum Gasteiger partial charge on any atom is -0.465 e. The summed E-state index contributed by atoms with van der Waals surface area (Å²) in [6.07, 6.45) is 3.14. The summed E-state index contributed by atoms with van der Waals surface area (Å²) in [5.41, 5.74) is 4.26. The van der Waals surface area contributed by atoms with Gasteiger partial charge in [-0.1, -0.05) is 12.1 Å². The van der Waals surface area contributed by atoms with Crippen LogP contribution in [0.25, 0.3) is 5.57 Å². The SMILES string of the molecule is COC(=O)c1ccc(C2=CC[N]CC2)c(C)c1. The Labute approximate surface area is 101 Å². The van der Waals surface area contributed by atoms with E-state index in [0.717, 1.165) is 25.1 Å². The lowest BCUT2D eigenvalue weighted by Crippen LogP contribution is -2.13. The third-order valence-electron chi connectivity index (χ3n) is 3.00. The fourth-order valence-corrected chi connectivity index (χ4v) is 2.08. The molecule has 1 aliphatic heterocycles. The van der Waals surface area contributed by atoms with Gasteiger partial charge in [0.15, 0.2) is 0 Å². The van der Waals surface area contributed by atoms with Gasteiger partial charge in [0.2, 0.25) is 0 Å². The zero-order chi connectivity index (χ0) is 12.3. The number of aryl methyl sites for hydroxylation is 1. The lowest BCUT2D eigenvalue weighted by atomic mass is 9.95. The van der Waals surface area contributed by atoms with Gasteiger partial charge in [0.25, 0.3) is 0 Å². The van der Waals surface area contributed by atoms with Crippen LogP contribution in [0.15, 0.2) is 24.3 Å². The predicted molar refractivity (Wildman–Crippen MR) is 67.0 cm³/mol.